The van der Waals surface area contributed by atoms with E-state index in [0.29, 0.717) is 17.9 Å². The molecule has 1 N–H and O–H groups in total. The van der Waals surface area contributed by atoms with Gasteiger partial charge in [0.05, 0.1) is 6.42 Å². The largest absolute Gasteiger partial charge is 0.649 e. The van der Waals surface area contributed by atoms with Gasteiger partial charge in [0.1, 0.15) is 17.2 Å². The molecular formula is C51H77O6P. The molecule has 0 radical (unpaired) electrons. The lowest BCUT2D eigenvalue weighted by Gasteiger charge is -2.37. The van der Waals surface area contributed by atoms with Crippen LogP contribution in [0, 0.1) is 0 Å². The van der Waals surface area contributed by atoms with Crippen LogP contribution in [0.1, 0.15) is 220 Å². The number of phosphoric acid groups is 1. The molecule has 1 aliphatic heterocycles. The number of phenols is 1. The fourth-order valence-corrected chi connectivity index (χ4v) is 8.88. The summed E-state index contributed by atoms with van der Waals surface area (Å²) in [4.78, 5) is 14.1. The number of hydrogen-bond acceptors (Lipinski definition) is 6. The maximum Gasteiger partial charge on any atom is 0.649 e. The lowest BCUT2D eigenvalue weighted by molar-refractivity contribution is -0.135. The first kappa shape index (κ1) is 47.4. The Morgan fingerprint density at radius 3 is 1.29 bits per heavy atom. The van der Waals surface area contributed by atoms with E-state index in [1.165, 1.54) is 11.1 Å². The van der Waals surface area contributed by atoms with E-state index in [9.17, 15) is 9.90 Å². The van der Waals surface area contributed by atoms with Gasteiger partial charge in [0.25, 0.3) is 0 Å². The number of carbonyl (C=O) groups is 1. The number of phosphoric ester groups is 1. The second-order valence-corrected chi connectivity index (χ2v) is 23.1. The molecule has 0 saturated carbocycles. The van der Waals surface area contributed by atoms with Crippen molar-refractivity contribution in [1.29, 1.82) is 0 Å². The smallest absolute Gasteiger partial charge is 0.507 e. The van der Waals surface area contributed by atoms with Crippen LogP contribution >= 0.6 is 7.82 Å². The minimum absolute atomic E-state index is 0.0569. The van der Waals surface area contributed by atoms with Crippen LogP contribution in [-0.2, 0) is 52.8 Å². The summed E-state index contributed by atoms with van der Waals surface area (Å²) in [7, 11) is -4.66. The molecule has 0 atom stereocenters. The summed E-state index contributed by atoms with van der Waals surface area (Å²) in [5.41, 5.74) is 6.92. The first-order chi connectivity index (χ1) is 26.4. The summed E-state index contributed by atoms with van der Waals surface area (Å²) in [5.74, 6) is 0.345. The molecule has 7 heteroatoms. The maximum atomic E-state index is 15.6. The molecule has 0 unspecified atom stereocenters. The highest BCUT2D eigenvalue weighted by Crippen LogP contribution is 2.60. The molecule has 3 aromatic carbocycles. The molecule has 0 aromatic heterocycles. The summed E-state index contributed by atoms with van der Waals surface area (Å²) in [6.45, 7) is 41.1. The summed E-state index contributed by atoms with van der Waals surface area (Å²) in [6.07, 6.45) is 3.74. The van der Waals surface area contributed by atoms with Crippen molar-refractivity contribution in [1.82, 2.24) is 0 Å². The van der Waals surface area contributed by atoms with Gasteiger partial charge in [-0.2, -0.15) is 4.57 Å². The van der Waals surface area contributed by atoms with Crippen molar-refractivity contribution in [2.45, 2.75) is 208 Å². The predicted molar refractivity (Wildman–Crippen MR) is 242 cm³/mol. The minimum Gasteiger partial charge on any atom is -0.507 e. The second-order valence-electron chi connectivity index (χ2n) is 21.7. The van der Waals surface area contributed by atoms with Crippen molar-refractivity contribution in [2.75, 3.05) is 0 Å². The standard InChI is InChI=1S/C51H77O6P/c1-20-48(12,13)34-28-36-32(5)37-29-35(49(14,15)21-2)31-41(51(18,19)23-4)45(37)57-58(54,56-44(36)40(30-34)50(16,17)22-3)55-42(52)25-24-33-26-38(46(6,7)8)43(53)39(27-33)47(9,10)11/h26-32,53H,20-25H2,1-19H3. The van der Waals surface area contributed by atoms with Crippen LogP contribution in [-0.4, -0.2) is 11.1 Å². The fourth-order valence-electron chi connectivity index (χ4n) is 7.57. The lowest BCUT2D eigenvalue weighted by atomic mass is 9.72. The maximum absolute atomic E-state index is 15.6. The van der Waals surface area contributed by atoms with Crippen molar-refractivity contribution in [3.8, 4) is 17.2 Å². The van der Waals surface area contributed by atoms with Crippen molar-refractivity contribution in [3.05, 3.63) is 86.5 Å². The average Bonchev–Trinajstić information content (AvgIpc) is 3.12. The van der Waals surface area contributed by atoms with Gasteiger partial charge < -0.3 is 18.7 Å². The second kappa shape index (κ2) is 16.3. The molecule has 0 aliphatic carbocycles. The van der Waals surface area contributed by atoms with Crippen LogP contribution < -0.4 is 9.05 Å². The quantitative estimate of drug-likeness (QED) is 0.183. The Balaban J connectivity index is 2.00. The molecular weight excluding hydrogens is 740 g/mol. The Labute approximate surface area is 352 Å². The molecule has 3 aromatic rings. The van der Waals surface area contributed by atoms with E-state index in [1.54, 1.807) is 0 Å². The van der Waals surface area contributed by atoms with Gasteiger partial charge in [-0.1, -0.05) is 168 Å². The Kier molecular flexibility index (Phi) is 13.3. The van der Waals surface area contributed by atoms with Crippen molar-refractivity contribution < 1.29 is 28.0 Å². The van der Waals surface area contributed by atoms with Gasteiger partial charge in [-0.15, -0.1) is 0 Å². The van der Waals surface area contributed by atoms with Gasteiger partial charge in [-0.05, 0) is 92.4 Å². The van der Waals surface area contributed by atoms with Gasteiger partial charge in [-0.25, -0.2) is 0 Å². The Morgan fingerprint density at radius 2 is 0.966 bits per heavy atom. The number of rotatable bonds is 12. The van der Waals surface area contributed by atoms with Gasteiger partial charge in [-0.3, -0.25) is 4.79 Å². The van der Waals surface area contributed by atoms with Crippen LogP contribution in [0.4, 0.5) is 0 Å². The van der Waals surface area contributed by atoms with Crippen LogP contribution in [0.2, 0.25) is 0 Å². The highest BCUT2D eigenvalue weighted by molar-refractivity contribution is 7.50. The van der Waals surface area contributed by atoms with E-state index >= 15 is 4.57 Å². The van der Waals surface area contributed by atoms with Gasteiger partial charge in [0.2, 0.25) is 0 Å². The van der Waals surface area contributed by atoms with Crippen LogP contribution in [0.25, 0.3) is 0 Å². The summed E-state index contributed by atoms with van der Waals surface area (Å²) in [5, 5.41) is 11.3. The molecule has 0 spiro atoms. The normalized spacial score (nSPS) is 18.0. The zero-order valence-corrected chi connectivity index (χ0v) is 40.6. The molecule has 6 nitrogen and oxygen atoms in total. The number of aromatic hydroxyl groups is 1. The van der Waals surface area contributed by atoms with Crippen molar-refractivity contribution in [3.63, 3.8) is 0 Å². The van der Waals surface area contributed by atoms with Gasteiger partial charge >= 0.3 is 13.8 Å². The van der Waals surface area contributed by atoms with E-state index in [4.69, 9.17) is 13.6 Å². The van der Waals surface area contributed by atoms with Crippen LogP contribution in [0.5, 0.6) is 17.2 Å². The monoisotopic (exact) mass is 817 g/mol. The minimum atomic E-state index is -4.66. The lowest BCUT2D eigenvalue weighted by Crippen LogP contribution is -2.26. The van der Waals surface area contributed by atoms with E-state index in [2.05, 4.69) is 156 Å². The van der Waals surface area contributed by atoms with E-state index < -0.39 is 13.8 Å². The average molecular weight is 817 g/mol. The summed E-state index contributed by atoms with van der Waals surface area (Å²) >= 11 is 0. The Morgan fingerprint density at radius 1 is 0.603 bits per heavy atom. The van der Waals surface area contributed by atoms with E-state index in [0.717, 1.165) is 64.6 Å². The number of hydrogen-bond donors (Lipinski definition) is 1. The van der Waals surface area contributed by atoms with Crippen LogP contribution in [0.15, 0.2) is 36.4 Å². The zero-order chi connectivity index (χ0) is 44.2. The Hall–Kier alpha value is -3.24. The molecule has 322 valence electrons. The molecule has 0 saturated heterocycles. The topological polar surface area (TPSA) is 82.1 Å². The van der Waals surface area contributed by atoms with E-state index in [-0.39, 0.29) is 50.6 Å². The molecule has 1 heterocycles. The molecule has 1 aliphatic rings. The Bertz CT molecular complexity index is 1920. The molecule has 4 rings (SSSR count). The molecule has 0 fully saturated rings. The van der Waals surface area contributed by atoms with Crippen molar-refractivity contribution in [2.24, 2.45) is 0 Å². The molecule has 58 heavy (non-hydrogen) atoms. The number of aryl methyl sites for hydroxylation is 1. The number of phenolic OH excluding ortho intramolecular Hbond substituents is 1. The van der Waals surface area contributed by atoms with Gasteiger partial charge in [0.15, 0.2) is 0 Å². The highest BCUT2D eigenvalue weighted by Gasteiger charge is 2.45. The number of carbonyl (C=O) groups excluding carboxylic acids is 1. The van der Waals surface area contributed by atoms with Gasteiger partial charge in [0, 0.05) is 28.2 Å². The fraction of sp³-hybridized carbons (Fsp3) is 0.627. The summed E-state index contributed by atoms with van der Waals surface area (Å²) in [6, 6.07) is 12.8. The third kappa shape index (κ3) is 9.69. The first-order valence-electron chi connectivity index (χ1n) is 21.8. The SMILES string of the molecule is CCC(C)(C)c1cc2c(c(C(C)(C)CC)c1)OP(=O)(OC(=O)CCc1cc(C(C)(C)C)c(O)c(C(C)(C)C)c1)Oc1c(cc(C(C)(C)CC)cc1C(C)(C)CC)C2C. The first-order valence-corrected chi connectivity index (χ1v) is 23.3. The predicted octanol–water partition coefficient (Wildman–Crippen LogP) is 14.9. The zero-order valence-electron chi connectivity index (χ0n) is 39.7. The van der Waals surface area contributed by atoms with Crippen LogP contribution in [0.3, 0.4) is 0 Å². The third-order valence-electron chi connectivity index (χ3n) is 13.7. The number of benzene rings is 3. The van der Waals surface area contributed by atoms with E-state index in [1.807, 2.05) is 12.1 Å². The number of fused-ring (bicyclic) bond motifs is 2. The van der Waals surface area contributed by atoms with Crippen molar-refractivity contribution >= 4 is 13.8 Å². The molecule has 0 bridgehead atoms. The third-order valence-corrected chi connectivity index (χ3v) is 15.0. The highest BCUT2D eigenvalue weighted by atomic mass is 31.2. The summed E-state index contributed by atoms with van der Waals surface area (Å²) < 4.78 is 35.1. The molecule has 0 amide bonds.